The molecular weight excluding hydrogens is 439 g/mol. The molecule has 5 heteroatoms. The van der Waals surface area contributed by atoms with Crippen LogP contribution in [0.3, 0.4) is 0 Å². The highest BCUT2D eigenvalue weighted by Gasteiger charge is 2.17. The molecule has 1 fully saturated rings. The Kier molecular flexibility index (Phi) is 10.6. The average molecular weight is 477 g/mol. The van der Waals surface area contributed by atoms with Gasteiger partial charge in [0.15, 0.2) is 0 Å². The van der Waals surface area contributed by atoms with E-state index in [1.165, 1.54) is 46.1 Å². The first-order valence-corrected chi connectivity index (χ1v) is 12.7. The minimum absolute atomic E-state index is 0.554. The molecule has 0 spiro atoms. The van der Waals surface area contributed by atoms with E-state index in [1.807, 2.05) is 31.3 Å². The average Bonchev–Trinajstić information content (AvgIpc) is 2.89. The van der Waals surface area contributed by atoms with Crippen molar-refractivity contribution in [3.63, 3.8) is 0 Å². The van der Waals surface area contributed by atoms with Gasteiger partial charge in [-0.15, -0.1) is 9.24 Å². The lowest BCUT2D eigenvalue weighted by molar-refractivity contribution is -0.108. The zero-order chi connectivity index (χ0) is 24.2. The second-order valence-corrected chi connectivity index (χ2v) is 9.24. The highest BCUT2D eigenvalue weighted by Crippen LogP contribution is 2.29. The van der Waals surface area contributed by atoms with Crippen molar-refractivity contribution in [1.82, 2.24) is 5.32 Å². The van der Waals surface area contributed by atoms with Crippen LogP contribution >= 0.6 is 9.24 Å². The summed E-state index contributed by atoms with van der Waals surface area (Å²) >= 11 is 0. The Labute approximate surface area is 206 Å². The van der Waals surface area contributed by atoms with E-state index in [-0.39, 0.29) is 0 Å². The fourth-order valence-electron chi connectivity index (χ4n) is 4.22. The zero-order valence-electron chi connectivity index (χ0n) is 20.3. The third kappa shape index (κ3) is 7.68. The maximum absolute atomic E-state index is 10.2. The van der Waals surface area contributed by atoms with Crippen molar-refractivity contribution in [2.75, 3.05) is 32.1 Å². The predicted octanol–water partition coefficient (Wildman–Crippen LogP) is 5.72. The molecule has 4 rings (SSSR count). The summed E-state index contributed by atoms with van der Waals surface area (Å²) in [4.78, 5) is 10.2. The van der Waals surface area contributed by atoms with E-state index in [0.717, 1.165) is 37.5 Å². The molecule has 0 aliphatic carbocycles. The fourth-order valence-corrected chi connectivity index (χ4v) is 4.59. The molecule has 2 N–H and O–H groups in total. The molecule has 1 unspecified atom stereocenters. The molecule has 0 bridgehead atoms. The largest absolute Gasteiger partial charge is 0.494 e. The van der Waals surface area contributed by atoms with Gasteiger partial charge in [0, 0.05) is 19.2 Å². The van der Waals surface area contributed by atoms with Crippen molar-refractivity contribution in [3.05, 3.63) is 77.9 Å². The minimum atomic E-state index is 0.554. The standard InChI is InChI=1S/C16H17O2P.C13H20N2/c17-11-3-4-12-18-14-9-7-13(8-10-14)15-5-1-2-6-16(15)19;1-10-3-4-12(14-2)9-13(10)11-5-7-15-8-6-11/h1-2,5-11H,3-4,12,19H2;3-4,9,11,14-15H,5-8H2,1-2H3. The number of piperidine rings is 1. The third-order valence-electron chi connectivity index (χ3n) is 6.21. The number of carbonyl (C=O) groups excluding carboxylic acids is 1. The number of unbranched alkanes of at least 4 members (excludes halogenated alkanes) is 1. The van der Waals surface area contributed by atoms with Gasteiger partial charge in [-0.1, -0.05) is 42.5 Å². The van der Waals surface area contributed by atoms with Crippen molar-refractivity contribution in [2.45, 2.75) is 38.5 Å². The molecule has 0 aromatic heterocycles. The van der Waals surface area contributed by atoms with E-state index >= 15 is 0 Å². The smallest absolute Gasteiger partial charge is 0.120 e. The SMILES string of the molecule is CNc1ccc(C)c(C2CCNCC2)c1.O=CCCCOc1ccc(-c2ccccc2P)cc1. The zero-order valence-corrected chi connectivity index (χ0v) is 21.5. The van der Waals surface area contributed by atoms with Gasteiger partial charge in [-0.05, 0) is 97.0 Å². The van der Waals surface area contributed by atoms with Crippen molar-refractivity contribution in [3.8, 4) is 16.9 Å². The predicted molar refractivity (Wildman–Crippen MR) is 148 cm³/mol. The van der Waals surface area contributed by atoms with Gasteiger partial charge in [0.2, 0.25) is 0 Å². The van der Waals surface area contributed by atoms with Crippen molar-refractivity contribution >= 4 is 26.5 Å². The van der Waals surface area contributed by atoms with Gasteiger partial charge >= 0.3 is 0 Å². The van der Waals surface area contributed by atoms with Gasteiger partial charge in [-0.3, -0.25) is 0 Å². The summed E-state index contributed by atoms with van der Waals surface area (Å²) in [7, 11) is 4.73. The highest BCUT2D eigenvalue weighted by atomic mass is 31.0. The van der Waals surface area contributed by atoms with Gasteiger partial charge in [0.25, 0.3) is 0 Å². The van der Waals surface area contributed by atoms with Crippen molar-refractivity contribution in [2.24, 2.45) is 0 Å². The Morgan fingerprint density at radius 3 is 2.47 bits per heavy atom. The summed E-state index contributed by atoms with van der Waals surface area (Å²) in [5.74, 6) is 1.59. The Bertz CT molecular complexity index is 1030. The number of hydrogen-bond donors (Lipinski definition) is 2. The second kappa shape index (κ2) is 13.9. The Morgan fingerprint density at radius 1 is 1.06 bits per heavy atom. The normalized spacial score (nSPS) is 13.5. The molecule has 1 heterocycles. The second-order valence-electron chi connectivity index (χ2n) is 8.61. The van der Waals surface area contributed by atoms with Crippen LogP contribution < -0.4 is 20.7 Å². The van der Waals surface area contributed by atoms with Crippen LogP contribution in [0.1, 0.15) is 42.7 Å². The number of nitrogens with one attached hydrogen (secondary N) is 2. The summed E-state index contributed by atoms with van der Waals surface area (Å²) in [5, 5.41) is 7.82. The number of benzene rings is 3. The summed E-state index contributed by atoms with van der Waals surface area (Å²) in [6.07, 6.45) is 4.78. The molecule has 180 valence electrons. The van der Waals surface area contributed by atoms with Gasteiger partial charge in [-0.25, -0.2) is 0 Å². The Morgan fingerprint density at radius 2 is 1.79 bits per heavy atom. The van der Waals surface area contributed by atoms with Gasteiger partial charge in [-0.2, -0.15) is 0 Å². The Balaban J connectivity index is 0.000000196. The number of anilines is 1. The van der Waals surface area contributed by atoms with Crippen LogP contribution in [0.15, 0.2) is 66.7 Å². The molecule has 3 aromatic rings. The molecule has 1 saturated heterocycles. The molecule has 3 aromatic carbocycles. The van der Waals surface area contributed by atoms with E-state index < -0.39 is 0 Å². The van der Waals surface area contributed by atoms with Crippen LogP contribution in [0.4, 0.5) is 5.69 Å². The summed E-state index contributed by atoms with van der Waals surface area (Å²) in [6, 6.07) is 23.0. The van der Waals surface area contributed by atoms with Crippen LogP contribution in [-0.4, -0.2) is 33.0 Å². The molecule has 0 amide bonds. The maximum atomic E-state index is 10.2. The van der Waals surface area contributed by atoms with E-state index in [4.69, 9.17) is 4.74 Å². The van der Waals surface area contributed by atoms with E-state index in [0.29, 0.717) is 13.0 Å². The minimum Gasteiger partial charge on any atom is -0.494 e. The summed E-state index contributed by atoms with van der Waals surface area (Å²) in [5.41, 5.74) is 6.57. The maximum Gasteiger partial charge on any atom is 0.120 e. The van der Waals surface area contributed by atoms with Gasteiger partial charge < -0.3 is 20.2 Å². The number of carbonyl (C=O) groups is 1. The van der Waals surface area contributed by atoms with Crippen LogP contribution in [0, 0.1) is 6.92 Å². The molecule has 1 aliphatic heterocycles. The molecule has 1 atom stereocenters. The first-order valence-electron chi connectivity index (χ1n) is 12.1. The molecular formula is C29H37N2O2P. The number of hydrogen-bond acceptors (Lipinski definition) is 4. The summed E-state index contributed by atoms with van der Waals surface area (Å²) in [6.45, 7) is 5.12. The third-order valence-corrected chi connectivity index (χ3v) is 6.71. The lowest BCUT2D eigenvalue weighted by Gasteiger charge is -2.25. The van der Waals surface area contributed by atoms with E-state index in [2.05, 4.69) is 69.3 Å². The topological polar surface area (TPSA) is 50.4 Å². The fraction of sp³-hybridized carbons (Fsp3) is 0.345. The lowest BCUT2D eigenvalue weighted by atomic mass is 9.87. The number of rotatable bonds is 8. The quantitative estimate of drug-likeness (QED) is 0.248. The van der Waals surface area contributed by atoms with Gasteiger partial charge in [0.1, 0.15) is 12.0 Å². The van der Waals surface area contributed by atoms with E-state index in [1.54, 1.807) is 0 Å². The van der Waals surface area contributed by atoms with Crippen LogP contribution in [0.2, 0.25) is 0 Å². The molecule has 0 radical (unpaired) electrons. The van der Waals surface area contributed by atoms with Crippen LogP contribution in [-0.2, 0) is 4.79 Å². The van der Waals surface area contributed by atoms with Gasteiger partial charge in [0.05, 0.1) is 6.61 Å². The lowest BCUT2D eigenvalue weighted by Crippen LogP contribution is -2.27. The Hall–Kier alpha value is -2.68. The number of ether oxygens (including phenoxy) is 1. The first-order chi connectivity index (χ1) is 16.6. The van der Waals surface area contributed by atoms with Crippen LogP contribution in [0.5, 0.6) is 5.75 Å². The monoisotopic (exact) mass is 476 g/mol. The molecule has 4 nitrogen and oxygen atoms in total. The van der Waals surface area contributed by atoms with E-state index in [9.17, 15) is 4.79 Å². The number of aryl methyl sites for hydroxylation is 1. The summed E-state index contributed by atoms with van der Waals surface area (Å²) < 4.78 is 5.57. The molecule has 34 heavy (non-hydrogen) atoms. The van der Waals surface area contributed by atoms with Crippen LogP contribution in [0.25, 0.3) is 11.1 Å². The molecule has 0 saturated carbocycles. The van der Waals surface area contributed by atoms with Crippen molar-refractivity contribution in [1.29, 1.82) is 0 Å². The number of aldehydes is 1. The molecule has 1 aliphatic rings. The first kappa shape index (κ1) is 25.9. The highest BCUT2D eigenvalue weighted by molar-refractivity contribution is 7.28. The van der Waals surface area contributed by atoms with Crippen molar-refractivity contribution < 1.29 is 9.53 Å².